The highest BCUT2D eigenvalue weighted by Gasteiger charge is 2.05. The zero-order chi connectivity index (χ0) is 15.1. The lowest BCUT2D eigenvalue weighted by molar-refractivity contribution is 0.102. The van der Waals surface area contributed by atoms with Crippen LogP contribution in [0, 0.1) is 5.92 Å². The van der Waals surface area contributed by atoms with Crippen molar-refractivity contribution in [3.63, 3.8) is 0 Å². The Labute approximate surface area is 127 Å². The van der Waals surface area contributed by atoms with Gasteiger partial charge in [-0.3, -0.25) is 4.79 Å². The van der Waals surface area contributed by atoms with Crippen molar-refractivity contribution >= 4 is 22.7 Å². The molecule has 0 saturated carbocycles. The molecule has 0 atom stereocenters. The molecule has 1 aromatic rings. The first-order valence-electron chi connectivity index (χ1n) is 7.36. The zero-order valence-corrected chi connectivity index (χ0v) is 14.2. The molecule has 2 nitrogen and oxygen atoms in total. The van der Waals surface area contributed by atoms with Crippen molar-refractivity contribution < 1.29 is 4.79 Å². The van der Waals surface area contributed by atoms with Crippen LogP contribution < -0.4 is 0 Å². The van der Waals surface area contributed by atoms with E-state index in [-0.39, 0.29) is 5.78 Å². The quantitative estimate of drug-likeness (QED) is 0.646. The van der Waals surface area contributed by atoms with E-state index in [1.54, 1.807) is 18.3 Å². The van der Waals surface area contributed by atoms with Gasteiger partial charge in [-0.05, 0) is 63.9 Å². The molecule has 0 aliphatic heterocycles. The molecule has 0 aromatic carbocycles. The van der Waals surface area contributed by atoms with Crippen molar-refractivity contribution in [2.24, 2.45) is 5.92 Å². The molecule has 0 spiro atoms. The Morgan fingerprint density at radius 2 is 1.95 bits per heavy atom. The Bertz CT molecular complexity index is 459. The highest BCUT2D eigenvalue weighted by Crippen LogP contribution is 2.24. The third-order valence-corrected chi connectivity index (χ3v) is 4.69. The minimum absolute atomic E-state index is 0.153. The van der Waals surface area contributed by atoms with Crippen molar-refractivity contribution in [2.45, 2.75) is 40.5 Å². The monoisotopic (exact) mass is 293 g/mol. The number of Topliss-reactive ketones (excluding diaryl/α,β-unsaturated/α-hetero) is 1. The number of hydrogen-bond acceptors (Lipinski definition) is 3. The number of thiophene rings is 1. The number of rotatable bonds is 8. The number of carbonyl (C=O) groups excluding carboxylic acids is 1. The van der Waals surface area contributed by atoms with Gasteiger partial charge < -0.3 is 4.90 Å². The van der Waals surface area contributed by atoms with Crippen LogP contribution in [-0.4, -0.2) is 30.8 Å². The summed E-state index contributed by atoms with van der Waals surface area (Å²) in [6.07, 6.45) is 4.81. The molecule has 0 bridgehead atoms. The number of ketones is 1. The lowest BCUT2D eigenvalue weighted by atomic mass is 10.1. The summed E-state index contributed by atoms with van der Waals surface area (Å²) in [6.45, 7) is 10.4. The Hall–Kier alpha value is -0.930. The van der Waals surface area contributed by atoms with E-state index in [9.17, 15) is 4.79 Å². The Balaban J connectivity index is 2.45. The maximum absolute atomic E-state index is 11.3. The molecule has 1 aromatic heterocycles. The van der Waals surface area contributed by atoms with E-state index < -0.39 is 0 Å². The van der Waals surface area contributed by atoms with E-state index in [0.29, 0.717) is 0 Å². The van der Waals surface area contributed by atoms with Crippen LogP contribution in [-0.2, 0) is 0 Å². The standard InChI is InChI=1S/C17H27NOS/c1-13(2)7-6-11-18(5)12-10-14(3)16-8-9-17(20-16)15(4)19/h8-10,13H,6-7,11-12H2,1-5H3/b14-10+. The van der Waals surface area contributed by atoms with Crippen LogP contribution in [0.1, 0.15) is 55.1 Å². The molecular formula is C17H27NOS. The minimum atomic E-state index is 0.153. The fourth-order valence-electron chi connectivity index (χ4n) is 1.99. The highest BCUT2D eigenvalue weighted by molar-refractivity contribution is 7.15. The van der Waals surface area contributed by atoms with Crippen LogP contribution in [0.25, 0.3) is 5.57 Å². The van der Waals surface area contributed by atoms with Gasteiger partial charge in [-0.15, -0.1) is 11.3 Å². The molecule has 0 fully saturated rings. The van der Waals surface area contributed by atoms with E-state index in [1.165, 1.54) is 23.3 Å². The predicted molar refractivity (Wildman–Crippen MR) is 89.5 cm³/mol. The van der Waals surface area contributed by atoms with Crippen LogP contribution in [0.3, 0.4) is 0 Å². The van der Waals surface area contributed by atoms with Crippen LogP contribution >= 0.6 is 11.3 Å². The summed E-state index contributed by atoms with van der Waals surface area (Å²) in [5.74, 6) is 0.941. The third-order valence-electron chi connectivity index (χ3n) is 3.37. The van der Waals surface area contributed by atoms with E-state index in [4.69, 9.17) is 0 Å². The number of likely N-dealkylation sites (N-methyl/N-ethyl adjacent to an activating group) is 1. The third kappa shape index (κ3) is 6.02. The van der Waals surface area contributed by atoms with Gasteiger partial charge in [0.25, 0.3) is 0 Å². The van der Waals surface area contributed by atoms with Gasteiger partial charge in [-0.25, -0.2) is 0 Å². The van der Waals surface area contributed by atoms with Gasteiger partial charge in [0.1, 0.15) is 0 Å². The molecule has 0 saturated heterocycles. The molecule has 0 N–H and O–H groups in total. The topological polar surface area (TPSA) is 20.3 Å². The molecule has 0 amide bonds. The summed E-state index contributed by atoms with van der Waals surface area (Å²) in [7, 11) is 2.17. The van der Waals surface area contributed by atoms with Gasteiger partial charge in [-0.1, -0.05) is 19.9 Å². The van der Waals surface area contributed by atoms with E-state index in [0.717, 1.165) is 23.9 Å². The van der Waals surface area contributed by atoms with Gasteiger partial charge in [-0.2, -0.15) is 0 Å². The molecule has 0 aliphatic carbocycles. The van der Waals surface area contributed by atoms with Gasteiger partial charge >= 0.3 is 0 Å². The Kier molecular flexibility index (Phi) is 7.17. The molecule has 112 valence electrons. The summed E-state index contributed by atoms with van der Waals surface area (Å²) in [5.41, 5.74) is 1.26. The Morgan fingerprint density at radius 1 is 1.30 bits per heavy atom. The molecule has 1 rings (SSSR count). The van der Waals surface area contributed by atoms with Crippen LogP contribution in [0.5, 0.6) is 0 Å². The maximum Gasteiger partial charge on any atom is 0.169 e. The van der Waals surface area contributed by atoms with Gasteiger partial charge in [0.15, 0.2) is 5.78 Å². The SMILES string of the molecule is CC(=O)c1ccc(/C(C)=C/CN(C)CCCC(C)C)s1. The maximum atomic E-state index is 11.3. The summed E-state index contributed by atoms with van der Waals surface area (Å²) in [6, 6.07) is 3.97. The van der Waals surface area contributed by atoms with Gasteiger partial charge in [0.05, 0.1) is 4.88 Å². The lowest BCUT2D eigenvalue weighted by Gasteiger charge is -2.15. The van der Waals surface area contributed by atoms with E-state index in [2.05, 4.69) is 38.8 Å². The lowest BCUT2D eigenvalue weighted by Crippen LogP contribution is -2.20. The second-order valence-corrected chi connectivity index (χ2v) is 6.99. The molecule has 0 unspecified atom stereocenters. The first-order chi connectivity index (χ1) is 9.40. The summed E-state index contributed by atoms with van der Waals surface area (Å²) >= 11 is 1.59. The average molecular weight is 293 g/mol. The molecule has 0 radical (unpaired) electrons. The second-order valence-electron chi connectivity index (χ2n) is 5.91. The van der Waals surface area contributed by atoms with Crippen molar-refractivity contribution in [1.82, 2.24) is 4.90 Å². The summed E-state index contributed by atoms with van der Waals surface area (Å²) in [5, 5.41) is 0. The second kappa shape index (κ2) is 8.38. The fraction of sp³-hybridized carbons (Fsp3) is 0.588. The smallest absolute Gasteiger partial charge is 0.169 e. The van der Waals surface area contributed by atoms with E-state index >= 15 is 0 Å². The number of allylic oxidation sites excluding steroid dienone is 1. The largest absolute Gasteiger partial charge is 0.303 e. The molecule has 0 aliphatic rings. The molecule has 3 heteroatoms. The number of carbonyl (C=O) groups is 1. The van der Waals surface area contributed by atoms with Crippen molar-refractivity contribution in [3.8, 4) is 0 Å². The zero-order valence-electron chi connectivity index (χ0n) is 13.4. The van der Waals surface area contributed by atoms with Gasteiger partial charge in [0, 0.05) is 11.4 Å². The predicted octanol–water partition coefficient (Wildman–Crippen LogP) is 4.72. The van der Waals surface area contributed by atoms with Crippen LogP contribution in [0.15, 0.2) is 18.2 Å². The number of nitrogens with zero attached hydrogens (tertiary/aromatic N) is 1. The summed E-state index contributed by atoms with van der Waals surface area (Å²) < 4.78 is 0. The average Bonchev–Trinajstić information content (AvgIpc) is 2.85. The normalized spacial score (nSPS) is 12.4. The minimum Gasteiger partial charge on any atom is -0.303 e. The first kappa shape index (κ1) is 17.1. The van der Waals surface area contributed by atoms with Crippen molar-refractivity contribution in [1.29, 1.82) is 0 Å². The highest BCUT2D eigenvalue weighted by atomic mass is 32.1. The molecule has 20 heavy (non-hydrogen) atoms. The van der Waals surface area contributed by atoms with E-state index in [1.807, 2.05) is 12.1 Å². The summed E-state index contributed by atoms with van der Waals surface area (Å²) in [4.78, 5) is 15.7. The Morgan fingerprint density at radius 3 is 2.50 bits per heavy atom. The van der Waals surface area contributed by atoms with Crippen molar-refractivity contribution in [2.75, 3.05) is 20.1 Å². The van der Waals surface area contributed by atoms with Crippen molar-refractivity contribution in [3.05, 3.63) is 28.0 Å². The number of hydrogen-bond donors (Lipinski definition) is 0. The molecule has 1 heterocycles. The van der Waals surface area contributed by atoms with Gasteiger partial charge in [0.2, 0.25) is 0 Å². The fourth-order valence-corrected chi connectivity index (χ4v) is 2.89. The van der Waals surface area contributed by atoms with Crippen LogP contribution in [0.4, 0.5) is 0 Å². The molecular weight excluding hydrogens is 266 g/mol. The van der Waals surface area contributed by atoms with Crippen LogP contribution in [0.2, 0.25) is 0 Å². The first-order valence-corrected chi connectivity index (χ1v) is 8.18.